The van der Waals surface area contributed by atoms with Crippen LogP contribution in [-0.4, -0.2) is 51.7 Å². The van der Waals surface area contributed by atoms with Crippen molar-refractivity contribution in [2.24, 2.45) is 0 Å². The number of carbonyl (C=O) groups is 1. The van der Waals surface area contributed by atoms with Crippen LogP contribution in [0.1, 0.15) is 10.4 Å². The fraction of sp³-hybridized carbons (Fsp3) is 0.235. The van der Waals surface area contributed by atoms with Gasteiger partial charge in [0.05, 0.1) is 12.1 Å². The van der Waals surface area contributed by atoms with E-state index in [0.29, 0.717) is 30.1 Å². The Bertz CT molecular complexity index is 892. The van der Waals surface area contributed by atoms with E-state index in [2.05, 4.69) is 10.2 Å². The first-order valence-electron chi connectivity index (χ1n) is 7.64. The topological polar surface area (TPSA) is 69.0 Å². The zero-order chi connectivity index (χ0) is 16.5. The van der Waals surface area contributed by atoms with Gasteiger partial charge in [-0.3, -0.25) is 9.20 Å². The van der Waals surface area contributed by atoms with Crippen molar-refractivity contribution in [1.29, 1.82) is 0 Å². The van der Waals surface area contributed by atoms with Crippen LogP contribution in [-0.2, 0) is 0 Å². The third kappa shape index (κ3) is 2.64. The molecule has 0 radical (unpaired) electrons. The van der Waals surface area contributed by atoms with Gasteiger partial charge in [-0.2, -0.15) is 0 Å². The molecule has 24 heavy (non-hydrogen) atoms. The molecule has 1 atom stereocenters. The highest BCUT2D eigenvalue weighted by Gasteiger charge is 2.24. The lowest BCUT2D eigenvalue weighted by Crippen LogP contribution is -2.41. The van der Waals surface area contributed by atoms with Crippen molar-refractivity contribution in [2.75, 3.05) is 20.2 Å². The summed E-state index contributed by atoms with van der Waals surface area (Å²) in [5.74, 6) is 1.36. The number of amides is 1. The van der Waals surface area contributed by atoms with Crippen LogP contribution in [0.25, 0.3) is 5.65 Å². The average molecular weight is 324 g/mol. The van der Waals surface area contributed by atoms with Crippen molar-refractivity contribution in [3.05, 3.63) is 54.5 Å². The van der Waals surface area contributed by atoms with E-state index in [0.717, 1.165) is 5.75 Å². The Labute approximate surface area is 138 Å². The number of pyridine rings is 1. The normalized spacial score (nSPS) is 16.1. The van der Waals surface area contributed by atoms with Crippen LogP contribution in [0, 0.1) is 0 Å². The molecule has 3 aromatic rings. The summed E-state index contributed by atoms with van der Waals surface area (Å²) in [5, 5.41) is 7.74. The van der Waals surface area contributed by atoms with Gasteiger partial charge < -0.3 is 14.4 Å². The van der Waals surface area contributed by atoms with Crippen LogP contribution in [0.15, 0.2) is 48.9 Å². The van der Waals surface area contributed by atoms with Crippen molar-refractivity contribution in [3.63, 3.8) is 0 Å². The van der Waals surface area contributed by atoms with Crippen molar-refractivity contribution in [1.82, 2.24) is 19.5 Å². The van der Waals surface area contributed by atoms with Gasteiger partial charge in [0.15, 0.2) is 23.3 Å². The summed E-state index contributed by atoms with van der Waals surface area (Å²) in [5.41, 5.74) is 1.27. The molecule has 2 aromatic heterocycles. The highest BCUT2D eigenvalue weighted by molar-refractivity contribution is 5.94. The van der Waals surface area contributed by atoms with Gasteiger partial charge in [0.1, 0.15) is 12.9 Å². The number of fused-ring (bicyclic) bond motifs is 2. The summed E-state index contributed by atoms with van der Waals surface area (Å²) in [6.45, 7) is 0.854. The second-order valence-corrected chi connectivity index (χ2v) is 5.70. The van der Waals surface area contributed by atoms with Crippen molar-refractivity contribution in [3.8, 4) is 11.5 Å². The summed E-state index contributed by atoms with van der Waals surface area (Å²) >= 11 is 0. The predicted molar refractivity (Wildman–Crippen MR) is 86.3 cm³/mol. The molecule has 0 N–H and O–H groups in total. The molecule has 0 fully saturated rings. The van der Waals surface area contributed by atoms with Gasteiger partial charge in [-0.25, -0.2) is 0 Å². The van der Waals surface area contributed by atoms with Crippen molar-refractivity contribution in [2.45, 2.75) is 6.10 Å². The van der Waals surface area contributed by atoms with Gasteiger partial charge in [0, 0.05) is 13.2 Å². The molecular weight excluding hydrogens is 308 g/mol. The average Bonchev–Trinajstić information content (AvgIpc) is 3.08. The molecule has 1 aromatic carbocycles. The molecule has 0 aliphatic carbocycles. The van der Waals surface area contributed by atoms with Crippen LogP contribution in [0.5, 0.6) is 11.5 Å². The Morgan fingerprint density at radius 1 is 1.29 bits per heavy atom. The highest BCUT2D eigenvalue weighted by atomic mass is 16.6. The van der Waals surface area contributed by atoms with E-state index in [-0.39, 0.29) is 12.0 Å². The lowest BCUT2D eigenvalue weighted by molar-refractivity contribution is 0.0520. The first-order chi connectivity index (χ1) is 11.7. The van der Waals surface area contributed by atoms with E-state index in [9.17, 15) is 4.79 Å². The zero-order valence-electron chi connectivity index (χ0n) is 13.1. The van der Waals surface area contributed by atoms with Gasteiger partial charge in [0.25, 0.3) is 5.91 Å². The van der Waals surface area contributed by atoms with E-state index in [1.807, 2.05) is 24.3 Å². The highest BCUT2D eigenvalue weighted by Crippen LogP contribution is 2.31. The summed E-state index contributed by atoms with van der Waals surface area (Å²) in [6, 6.07) is 11.0. The first kappa shape index (κ1) is 14.5. The van der Waals surface area contributed by atoms with Gasteiger partial charge >= 0.3 is 0 Å². The first-order valence-corrected chi connectivity index (χ1v) is 7.64. The predicted octanol–water partition coefficient (Wildman–Crippen LogP) is 1.64. The van der Waals surface area contributed by atoms with E-state index >= 15 is 0 Å². The summed E-state index contributed by atoms with van der Waals surface area (Å²) in [4.78, 5) is 14.2. The number of aromatic nitrogens is 3. The number of benzene rings is 1. The molecule has 0 saturated carbocycles. The number of hydrogen-bond donors (Lipinski definition) is 0. The molecule has 3 heterocycles. The van der Waals surface area contributed by atoms with Gasteiger partial charge in [-0.1, -0.05) is 12.1 Å². The van der Waals surface area contributed by atoms with Crippen LogP contribution in [0.2, 0.25) is 0 Å². The molecule has 0 saturated heterocycles. The van der Waals surface area contributed by atoms with Crippen molar-refractivity contribution >= 4 is 11.6 Å². The van der Waals surface area contributed by atoms with E-state index in [1.54, 1.807) is 41.0 Å². The molecule has 1 aliphatic heterocycles. The molecule has 7 heteroatoms. The van der Waals surface area contributed by atoms with Crippen LogP contribution >= 0.6 is 0 Å². The number of ether oxygens (including phenoxy) is 2. The number of rotatable bonds is 3. The van der Waals surface area contributed by atoms with E-state index < -0.39 is 0 Å². The van der Waals surface area contributed by atoms with Crippen LogP contribution in [0.4, 0.5) is 0 Å². The van der Waals surface area contributed by atoms with Crippen LogP contribution < -0.4 is 9.47 Å². The summed E-state index contributed by atoms with van der Waals surface area (Å²) in [6.07, 6.45) is 3.09. The summed E-state index contributed by atoms with van der Waals surface area (Å²) < 4.78 is 13.3. The number of carbonyl (C=O) groups excluding carboxylic acids is 1. The van der Waals surface area contributed by atoms with Crippen molar-refractivity contribution < 1.29 is 14.3 Å². The Morgan fingerprint density at radius 3 is 3.00 bits per heavy atom. The maximum Gasteiger partial charge on any atom is 0.255 e. The molecule has 0 bridgehead atoms. The quantitative estimate of drug-likeness (QED) is 0.732. The molecule has 1 aliphatic rings. The monoisotopic (exact) mass is 324 g/mol. The van der Waals surface area contributed by atoms with E-state index in [4.69, 9.17) is 9.47 Å². The Morgan fingerprint density at radius 2 is 2.12 bits per heavy atom. The fourth-order valence-corrected chi connectivity index (χ4v) is 2.72. The minimum atomic E-state index is -0.201. The largest absolute Gasteiger partial charge is 0.486 e. The lowest BCUT2D eigenvalue weighted by atomic mass is 10.2. The lowest BCUT2D eigenvalue weighted by Gasteiger charge is -2.29. The molecule has 122 valence electrons. The number of hydrogen-bond acceptors (Lipinski definition) is 5. The minimum Gasteiger partial charge on any atom is -0.486 e. The number of para-hydroxylation sites is 2. The maximum absolute atomic E-state index is 12.6. The van der Waals surface area contributed by atoms with Crippen LogP contribution in [0.3, 0.4) is 0 Å². The molecule has 4 rings (SSSR count). The van der Waals surface area contributed by atoms with Gasteiger partial charge in [-0.05, 0) is 24.3 Å². The fourth-order valence-electron chi connectivity index (χ4n) is 2.72. The Hall–Kier alpha value is -3.09. The molecular formula is C17H16N4O3. The smallest absolute Gasteiger partial charge is 0.255 e. The van der Waals surface area contributed by atoms with E-state index in [1.165, 1.54) is 0 Å². The van der Waals surface area contributed by atoms with Gasteiger partial charge in [0.2, 0.25) is 0 Å². The number of likely N-dealkylation sites (N-methyl/N-ethyl adjacent to an activating group) is 1. The Kier molecular flexibility index (Phi) is 3.53. The van der Waals surface area contributed by atoms with Gasteiger partial charge in [-0.15, -0.1) is 10.2 Å². The molecule has 1 amide bonds. The maximum atomic E-state index is 12.6. The number of nitrogens with zero attached hydrogens (tertiary/aromatic N) is 4. The second-order valence-electron chi connectivity index (χ2n) is 5.70. The third-order valence-corrected chi connectivity index (χ3v) is 3.93. The second kappa shape index (κ2) is 5.84. The molecule has 0 spiro atoms. The Balaban J connectivity index is 1.46. The minimum absolute atomic E-state index is 0.0898. The SMILES string of the molecule is CN(CC1COc2ccccc2O1)C(=O)c1ccc2nncn2c1. The zero-order valence-corrected chi connectivity index (χ0v) is 13.1. The molecule has 1 unspecified atom stereocenters. The standard InChI is InChI=1S/C17H16N4O3/c1-20(9-13-10-23-14-4-2-3-5-15(14)24-13)17(22)12-6-7-16-19-18-11-21(16)8-12/h2-8,11,13H,9-10H2,1H3. The summed E-state index contributed by atoms with van der Waals surface area (Å²) in [7, 11) is 1.75. The molecule has 7 nitrogen and oxygen atoms in total. The third-order valence-electron chi connectivity index (χ3n) is 3.93.